The van der Waals surface area contributed by atoms with Gasteiger partial charge in [-0.15, -0.1) is 12.8 Å². The van der Waals surface area contributed by atoms with E-state index in [4.69, 9.17) is 0 Å². The molecule has 2 aliphatic rings. The fourth-order valence-corrected chi connectivity index (χ4v) is 4.34. The van der Waals surface area contributed by atoms with Crippen molar-refractivity contribution in [2.75, 3.05) is 0 Å². The SMILES string of the molecule is C[Si](C)(C)C1=[C-]CC=C1.C[Si](C)(C)C1=[C-]CC=C1.[Ni+2]. The van der Waals surface area contributed by atoms with Crippen molar-refractivity contribution < 1.29 is 16.5 Å². The average molecular weight is 333 g/mol. The predicted octanol–water partition coefficient (Wildman–Crippen LogP) is 5.10. The molecule has 0 aromatic carbocycles. The minimum Gasteiger partial charge on any atom is -0.274 e. The first-order chi connectivity index (χ1) is 8.21. The maximum Gasteiger partial charge on any atom is 2.00 e. The molecule has 0 fully saturated rings. The molecule has 2 aliphatic carbocycles. The van der Waals surface area contributed by atoms with E-state index in [-0.39, 0.29) is 16.5 Å². The summed E-state index contributed by atoms with van der Waals surface area (Å²) in [4.78, 5) is 0. The van der Waals surface area contributed by atoms with Gasteiger partial charge < -0.3 is 0 Å². The molecule has 0 spiro atoms. The summed E-state index contributed by atoms with van der Waals surface area (Å²) < 4.78 is 0. The molecule has 2 rings (SSSR count). The fraction of sp³-hybridized carbons (Fsp3) is 0.500. The van der Waals surface area contributed by atoms with E-state index in [0.717, 1.165) is 12.8 Å². The van der Waals surface area contributed by atoms with Crippen molar-refractivity contribution in [1.82, 2.24) is 0 Å². The zero-order valence-electron chi connectivity index (χ0n) is 13.0. The van der Waals surface area contributed by atoms with Crippen LogP contribution in [0.2, 0.25) is 39.3 Å². The first-order valence-corrected chi connectivity index (χ1v) is 13.8. The van der Waals surface area contributed by atoms with Crippen LogP contribution in [0.5, 0.6) is 0 Å². The molecule has 0 bridgehead atoms. The molecule has 0 saturated carbocycles. The van der Waals surface area contributed by atoms with Crippen molar-refractivity contribution in [2.24, 2.45) is 0 Å². The third kappa shape index (κ3) is 6.74. The first kappa shape index (κ1) is 18.9. The zero-order chi connectivity index (χ0) is 13.8. The summed E-state index contributed by atoms with van der Waals surface area (Å²) >= 11 is 0. The number of hydrogen-bond acceptors (Lipinski definition) is 0. The molecular formula is C16H26NiSi2. The van der Waals surface area contributed by atoms with Gasteiger partial charge in [0.2, 0.25) is 0 Å². The topological polar surface area (TPSA) is 0 Å². The van der Waals surface area contributed by atoms with E-state index in [2.05, 4.69) is 75.7 Å². The van der Waals surface area contributed by atoms with Crippen LogP contribution in [-0.2, 0) is 16.5 Å². The Bertz CT molecular complexity index is 361. The van der Waals surface area contributed by atoms with Gasteiger partial charge in [0.25, 0.3) is 0 Å². The smallest absolute Gasteiger partial charge is 0.274 e. The molecule has 0 amide bonds. The van der Waals surface area contributed by atoms with E-state index >= 15 is 0 Å². The molecule has 0 nitrogen and oxygen atoms in total. The third-order valence-electron chi connectivity index (χ3n) is 3.01. The van der Waals surface area contributed by atoms with E-state index in [1.54, 1.807) is 0 Å². The summed E-state index contributed by atoms with van der Waals surface area (Å²) in [7, 11) is -2.01. The van der Waals surface area contributed by atoms with Crippen LogP contribution >= 0.6 is 0 Å². The van der Waals surface area contributed by atoms with Crippen LogP contribution in [0.3, 0.4) is 0 Å². The van der Waals surface area contributed by atoms with Crippen molar-refractivity contribution in [3.05, 3.63) is 46.8 Å². The van der Waals surface area contributed by atoms with Crippen LogP contribution in [0.15, 0.2) is 34.7 Å². The molecule has 0 atom stereocenters. The second-order valence-electron chi connectivity index (χ2n) is 6.89. The van der Waals surface area contributed by atoms with E-state index in [0.29, 0.717) is 0 Å². The van der Waals surface area contributed by atoms with Gasteiger partial charge >= 0.3 is 16.5 Å². The molecule has 3 heteroatoms. The average Bonchev–Trinajstić information content (AvgIpc) is 2.91. The van der Waals surface area contributed by atoms with Crippen LogP contribution < -0.4 is 0 Å². The quantitative estimate of drug-likeness (QED) is 0.487. The van der Waals surface area contributed by atoms with Crippen LogP contribution in [0.1, 0.15) is 12.8 Å². The second kappa shape index (κ2) is 7.61. The Morgan fingerprint density at radius 3 is 1.16 bits per heavy atom. The molecule has 0 aliphatic heterocycles. The standard InChI is InChI=1S/2C8H13Si.Ni/c2*1-9(2,3)8-6-4-5-7-8;/h2*4,6H,5H2,1-3H3;/q2*-1;+2. The van der Waals surface area contributed by atoms with Crippen molar-refractivity contribution in [3.63, 3.8) is 0 Å². The Balaban J connectivity index is 0.000000324. The fourth-order valence-electron chi connectivity index (χ4n) is 1.84. The minimum absolute atomic E-state index is 0. The number of rotatable bonds is 2. The van der Waals surface area contributed by atoms with E-state index in [1.165, 1.54) is 10.4 Å². The largest absolute Gasteiger partial charge is 2.00 e. The van der Waals surface area contributed by atoms with E-state index < -0.39 is 16.1 Å². The van der Waals surface area contributed by atoms with Gasteiger partial charge in [-0.25, -0.2) is 22.5 Å². The zero-order valence-corrected chi connectivity index (χ0v) is 16.0. The normalized spacial score (nSPS) is 17.4. The van der Waals surface area contributed by atoms with Crippen LogP contribution in [0, 0.1) is 12.2 Å². The summed E-state index contributed by atoms with van der Waals surface area (Å²) in [5, 5.41) is 2.98. The van der Waals surface area contributed by atoms with Crippen LogP contribution in [0.4, 0.5) is 0 Å². The molecule has 108 valence electrons. The maximum absolute atomic E-state index is 3.36. The summed E-state index contributed by atoms with van der Waals surface area (Å²) in [6.07, 6.45) is 17.6. The molecular weight excluding hydrogens is 307 g/mol. The number of hydrogen-bond donors (Lipinski definition) is 0. The summed E-state index contributed by atoms with van der Waals surface area (Å²) in [5.74, 6) is 0. The Kier molecular flexibility index (Phi) is 7.57. The van der Waals surface area contributed by atoms with Gasteiger partial charge in [0.15, 0.2) is 0 Å². The summed E-state index contributed by atoms with van der Waals surface area (Å²) in [5.41, 5.74) is 0. The van der Waals surface area contributed by atoms with E-state index in [9.17, 15) is 0 Å². The van der Waals surface area contributed by atoms with Crippen molar-refractivity contribution in [2.45, 2.75) is 52.1 Å². The molecule has 0 unspecified atom stereocenters. The molecule has 0 radical (unpaired) electrons. The monoisotopic (exact) mass is 332 g/mol. The van der Waals surface area contributed by atoms with Crippen molar-refractivity contribution in [1.29, 1.82) is 0 Å². The summed E-state index contributed by atoms with van der Waals surface area (Å²) in [6.45, 7) is 14.1. The Morgan fingerprint density at radius 2 is 1.05 bits per heavy atom. The van der Waals surface area contributed by atoms with Gasteiger partial charge in [0, 0.05) is 16.1 Å². The van der Waals surface area contributed by atoms with E-state index in [1.807, 2.05) is 0 Å². The first-order valence-electron chi connectivity index (χ1n) is 6.77. The Morgan fingerprint density at radius 1 is 0.737 bits per heavy atom. The van der Waals surface area contributed by atoms with Gasteiger partial charge in [-0.2, -0.15) is 12.2 Å². The van der Waals surface area contributed by atoms with Gasteiger partial charge in [-0.3, -0.25) is 12.2 Å². The second-order valence-corrected chi connectivity index (χ2v) is 17.0. The number of allylic oxidation sites excluding steroid dienone is 8. The maximum atomic E-state index is 3.36. The van der Waals surface area contributed by atoms with Crippen LogP contribution in [-0.4, -0.2) is 16.1 Å². The molecule has 0 N–H and O–H groups in total. The molecule has 19 heavy (non-hydrogen) atoms. The van der Waals surface area contributed by atoms with Gasteiger partial charge in [0.05, 0.1) is 0 Å². The minimum atomic E-state index is -1.01. The molecule has 0 aromatic heterocycles. The molecule has 0 aromatic rings. The third-order valence-corrected chi connectivity index (χ3v) is 6.92. The van der Waals surface area contributed by atoms with Crippen LogP contribution in [0.25, 0.3) is 0 Å². The molecule has 0 saturated heterocycles. The van der Waals surface area contributed by atoms with Gasteiger partial charge in [0.1, 0.15) is 0 Å². The Labute approximate surface area is 131 Å². The van der Waals surface area contributed by atoms with Crippen molar-refractivity contribution >= 4 is 16.1 Å². The van der Waals surface area contributed by atoms with Gasteiger partial charge in [-0.1, -0.05) is 39.3 Å². The summed E-state index contributed by atoms with van der Waals surface area (Å²) in [6, 6.07) is 0. The predicted molar refractivity (Wildman–Crippen MR) is 87.7 cm³/mol. The van der Waals surface area contributed by atoms with Crippen molar-refractivity contribution in [3.8, 4) is 0 Å². The Hall–Kier alpha value is -0.113. The van der Waals surface area contributed by atoms with Gasteiger partial charge in [-0.05, 0) is 0 Å². The molecule has 0 heterocycles.